The van der Waals surface area contributed by atoms with Crippen molar-refractivity contribution in [2.75, 3.05) is 0 Å². The molecule has 5 heteroatoms. The van der Waals surface area contributed by atoms with Crippen molar-refractivity contribution in [1.82, 2.24) is 0 Å². The lowest BCUT2D eigenvalue weighted by atomic mass is 10.1. The van der Waals surface area contributed by atoms with Crippen molar-refractivity contribution < 1.29 is 16.7 Å². The Kier molecular flexibility index (Phi) is 2.63. The summed E-state index contributed by atoms with van der Waals surface area (Å²) in [5, 5.41) is 0. The van der Waals surface area contributed by atoms with Crippen LogP contribution in [0.15, 0.2) is 11.0 Å². The molecule has 78 valence electrons. The highest BCUT2D eigenvalue weighted by Gasteiger charge is 2.21. The van der Waals surface area contributed by atoms with E-state index in [9.17, 15) is 16.7 Å². The summed E-state index contributed by atoms with van der Waals surface area (Å²) in [6.07, 6.45) is 0. The fraction of sp³-hybridized carbons (Fsp3) is 0.333. The Morgan fingerprint density at radius 2 is 1.64 bits per heavy atom. The van der Waals surface area contributed by atoms with Gasteiger partial charge in [0.05, 0.1) is 0 Å². The van der Waals surface area contributed by atoms with Crippen LogP contribution in [0.4, 0.5) is 8.28 Å². The third-order valence-corrected chi connectivity index (χ3v) is 3.17. The molecular weight excluding hydrogens is 210 g/mol. The fourth-order valence-corrected chi connectivity index (χ4v) is 2.42. The van der Waals surface area contributed by atoms with Gasteiger partial charge < -0.3 is 0 Å². The van der Waals surface area contributed by atoms with Gasteiger partial charge in [0, 0.05) is 5.56 Å². The summed E-state index contributed by atoms with van der Waals surface area (Å²) in [4.78, 5) is -0.555. The molecule has 0 aliphatic heterocycles. The Morgan fingerprint density at radius 1 is 1.14 bits per heavy atom. The molecular formula is C9H10F2O2S. The SMILES string of the molecule is Cc1cc(C)c(S(=O)(=O)F)c(C)c1F. The molecule has 0 amide bonds. The van der Waals surface area contributed by atoms with E-state index in [0.717, 1.165) is 0 Å². The first-order valence-corrected chi connectivity index (χ1v) is 5.34. The summed E-state index contributed by atoms with van der Waals surface area (Å²) < 4.78 is 47.4. The second kappa shape index (κ2) is 3.31. The monoisotopic (exact) mass is 220 g/mol. The van der Waals surface area contributed by atoms with Crippen LogP contribution in [0, 0.1) is 26.6 Å². The van der Waals surface area contributed by atoms with E-state index in [1.807, 2.05) is 0 Å². The Morgan fingerprint density at radius 3 is 2.07 bits per heavy atom. The predicted molar refractivity (Wildman–Crippen MR) is 48.9 cm³/mol. The lowest BCUT2D eigenvalue weighted by Gasteiger charge is -2.08. The van der Waals surface area contributed by atoms with Gasteiger partial charge in [-0.05, 0) is 31.9 Å². The topological polar surface area (TPSA) is 34.1 Å². The highest BCUT2D eigenvalue weighted by molar-refractivity contribution is 7.86. The van der Waals surface area contributed by atoms with E-state index in [-0.39, 0.29) is 11.1 Å². The van der Waals surface area contributed by atoms with Crippen molar-refractivity contribution in [2.45, 2.75) is 25.7 Å². The van der Waals surface area contributed by atoms with Gasteiger partial charge in [0.1, 0.15) is 10.7 Å². The zero-order chi connectivity index (χ0) is 11.1. The molecule has 0 aliphatic rings. The summed E-state index contributed by atoms with van der Waals surface area (Å²) in [6.45, 7) is 4.19. The average molecular weight is 220 g/mol. The zero-order valence-corrected chi connectivity index (χ0v) is 8.87. The highest BCUT2D eigenvalue weighted by atomic mass is 32.3. The molecule has 0 fully saturated rings. The first-order chi connectivity index (χ1) is 6.25. The van der Waals surface area contributed by atoms with Crippen molar-refractivity contribution in [3.63, 3.8) is 0 Å². The lowest BCUT2D eigenvalue weighted by molar-refractivity contribution is 0.545. The maximum atomic E-state index is 13.3. The molecule has 0 spiro atoms. The fourth-order valence-electron chi connectivity index (χ4n) is 1.52. The third kappa shape index (κ3) is 1.77. The van der Waals surface area contributed by atoms with E-state index in [1.165, 1.54) is 26.8 Å². The van der Waals surface area contributed by atoms with Crippen LogP contribution in [-0.4, -0.2) is 8.42 Å². The predicted octanol–water partition coefficient (Wildman–Crippen LogP) is 2.41. The van der Waals surface area contributed by atoms with E-state index in [4.69, 9.17) is 0 Å². The van der Waals surface area contributed by atoms with Gasteiger partial charge in [0.25, 0.3) is 0 Å². The normalized spacial score (nSPS) is 11.8. The molecule has 0 heterocycles. The zero-order valence-electron chi connectivity index (χ0n) is 8.06. The number of aryl methyl sites for hydroxylation is 2. The van der Waals surface area contributed by atoms with E-state index < -0.39 is 20.9 Å². The maximum absolute atomic E-state index is 13.3. The summed E-state index contributed by atoms with van der Waals surface area (Å²) in [5.74, 6) is -0.674. The van der Waals surface area contributed by atoms with Gasteiger partial charge in [-0.25, -0.2) is 4.39 Å². The van der Waals surface area contributed by atoms with Gasteiger partial charge in [0.2, 0.25) is 0 Å². The van der Waals surface area contributed by atoms with Gasteiger partial charge in [-0.3, -0.25) is 0 Å². The van der Waals surface area contributed by atoms with Crippen molar-refractivity contribution in [2.24, 2.45) is 0 Å². The van der Waals surface area contributed by atoms with Crippen molar-refractivity contribution in [3.05, 3.63) is 28.6 Å². The average Bonchev–Trinajstić information content (AvgIpc) is 1.97. The molecule has 1 aromatic carbocycles. The number of rotatable bonds is 1. The molecule has 0 bridgehead atoms. The molecule has 0 N–H and O–H groups in total. The molecule has 1 rings (SSSR count). The van der Waals surface area contributed by atoms with Crippen LogP contribution in [0.25, 0.3) is 0 Å². The Labute approximate surface area is 81.8 Å². The van der Waals surface area contributed by atoms with Crippen LogP contribution < -0.4 is 0 Å². The minimum Gasteiger partial charge on any atom is -0.206 e. The Balaban J connectivity index is 3.70. The van der Waals surface area contributed by atoms with E-state index >= 15 is 0 Å². The molecule has 0 saturated carbocycles. The van der Waals surface area contributed by atoms with Crippen LogP contribution in [0.3, 0.4) is 0 Å². The summed E-state index contributed by atoms with van der Waals surface area (Å²) in [6, 6.07) is 1.31. The molecule has 0 atom stereocenters. The van der Waals surface area contributed by atoms with Crippen LogP contribution in [0.1, 0.15) is 16.7 Å². The molecule has 2 nitrogen and oxygen atoms in total. The van der Waals surface area contributed by atoms with E-state index in [2.05, 4.69) is 0 Å². The Bertz CT molecular complexity index is 478. The minimum absolute atomic E-state index is 0.162. The van der Waals surface area contributed by atoms with Crippen molar-refractivity contribution in [1.29, 1.82) is 0 Å². The molecule has 0 saturated heterocycles. The number of benzene rings is 1. The largest absolute Gasteiger partial charge is 0.332 e. The van der Waals surface area contributed by atoms with E-state index in [1.54, 1.807) is 0 Å². The smallest absolute Gasteiger partial charge is 0.206 e. The molecule has 0 aromatic heterocycles. The number of hydrogen-bond acceptors (Lipinski definition) is 2. The van der Waals surface area contributed by atoms with Gasteiger partial charge in [0.15, 0.2) is 0 Å². The third-order valence-electron chi connectivity index (χ3n) is 2.05. The molecule has 0 radical (unpaired) electrons. The maximum Gasteiger partial charge on any atom is 0.332 e. The molecule has 0 unspecified atom stereocenters. The van der Waals surface area contributed by atoms with Crippen molar-refractivity contribution >= 4 is 10.2 Å². The Hall–Kier alpha value is -0.970. The highest BCUT2D eigenvalue weighted by Crippen LogP contribution is 2.26. The minimum atomic E-state index is -4.84. The van der Waals surface area contributed by atoms with Gasteiger partial charge in [-0.1, -0.05) is 6.07 Å². The first-order valence-electron chi connectivity index (χ1n) is 3.96. The van der Waals surface area contributed by atoms with Crippen LogP contribution in [0.2, 0.25) is 0 Å². The lowest BCUT2D eigenvalue weighted by Crippen LogP contribution is -2.03. The number of hydrogen-bond donors (Lipinski definition) is 0. The van der Waals surface area contributed by atoms with E-state index in [0.29, 0.717) is 5.56 Å². The summed E-state index contributed by atoms with van der Waals surface area (Å²) in [7, 11) is -4.84. The quantitative estimate of drug-likeness (QED) is 0.681. The summed E-state index contributed by atoms with van der Waals surface area (Å²) >= 11 is 0. The standard InChI is InChI=1S/C9H10F2O2S/c1-5-4-6(2)9(14(11,12)13)7(3)8(5)10/h4H,1-3H3. The van der Waals surface area contributed by atoms with Gasteiger partial charge in [-0.15, -0.1) is 3.89 Å². The molecule has 14 heavy (non-hydrogen) atoms. The van der Waals surface area contributed by atoms with Crippen LogP contribution >= 0.6 is 0 Å². The summed E-state index contributed by atoms with van der Waals surface area (Å²) in [5.41, 5.74) is 0.376. The molecule has 1 aromatic rings. The van der Waals surface area contributed by atoms with Gasteiger partial charge >= 0.3 is 10.2 Å². The first kappa shape index (κ1) is 11.1. The second-order valence-corrected chi connectivity index (χ2v) is 4.50. The van der Waals surface area contributed by atoms with Crippen LogP contribution in [0.5, 0.6) is 0 Å². The van der Waals surface area contributed by atoms with Crippen molar-refractivity contribution in [3.8, 4) is 0 Å². The second-order valence-electron chi connectivity index (χ2n) is 3.22. The number of halogens is 2. The molecule has 0 aliphatic carbocycles. The van der Waals surface area contributed by atoms with Crippen LogP contribution in [-0.2, 0) is 10.2 Å². The van der Waals surface area contributed by atoms with Gasteiger partial charge in [-0.2, -0.15) is 8.42 Å².